The quantitative estimate of drug-likeness (QED) is 0.587. The summed E-state index contributed by atoms with van der Waals surface area (Å²) >= 11 is 0. The average molecular weight is 439 g/mol. The first-order valence-corrected chi connectivity index (χ1v) is 10.6. The molecule has 0 saturated carbocycles. The van der Waals surface area contributed by atoms with Gasteiger partial charge in [0.1, 0.15) is 22.9 Å². The topological polar surface area (TPSA) is 77.1 Å². The van der Waals surface area contributed by atoms with Crippen molar-refractivity contribution >= 4 is 23.1 Å². The molecular formula is C25H30N2O5. The number of carbonyl (C=O) groups excluding carboxylic acids is 2. The number of nitrogens with zero attached hydrogens (tertiary/aromatic N) is 1. The standard InChI is InChI=1S/C25H30N2O5/c1-15(2)14-27-24(28)22(17-7-9-18(10-8-17)32-16(3)4)23(25(27)29)26-20-12-11-19(30-5)13-21(20)31-6/h7-13,15-16,26H,14H2,1-6H3. The number of amides is 2. The number of ether oxygens (including phenoxy) is 3. The predicted molar refractivity (Wildman–Crippen MR) is 124 cm³/mol. The van der Waals surface area contributed by atoms with Gasteiger partial charge >= 0.3 is 0 Å². The molecule has 7 heteroatoms. The molecule has 0 atom stereocenters. The highest BCUT2D eigenvalue weighted by molar-refractivity contribution is 6.36. The van der Waals surface area contributed by atoms with E-state index >= 15 is 0 Å². The van der Waals surface area contributed by atoms with Gasteiger partial charge in [-0.1, -0.05) is 26.0 Å². The monoisotopic (exact) mass is 438 g/mol. The molecular weight excluding hydrogens is 408 g/mol. The molecule has 2 aromatic rings. The summed E-state index contributed by atoms with van der Waals surface area (Å²) in [6.45, 7) is 8.17. The van der Waals surface area contributed by atoms with Gasteiger partial charge in [0.25, 0.3) is 11.8 Å². The highest BCUT2D eigenvalue weighted by Gasteiger charge is 2.39. The van der Waals surface area contributed by atoms with Gasteiger partial charge in [-0.3, -0.25) is 14.5 Å². The minimum atomic E-state index is -0.362. The summed E-state index contributed by atoms with van der Waals surface area (Å²) < 4.78 is 16.4. The summed E-state index contributed by atoms with van der Waals surface area (Å²) in [5.74, 6) is 1.28. The fourth-order valence-electron chi connectivity index (χ4n) is 3.50. The maximum absolute atomic E-state index is 13.3. The maximum Gasteiger partial charge on any atom is 0.278 e. The Balaban J connectivity index is 2.05. The third-order valence-corrected chi connectivity index (χ3v) is 4.90. The largest absolute Gasteiger partial charge is 0.497 e. The molecule has 1 N–H and O–H groups in total. The number of hydrogen-bond donors (Lipinski definition) is 1. The van der Waals surface area contributed by atoms with Gasteiger partial charge in [-0.05, 0) is 49.6 Å². The van der Waals surface area contributed by atoms with Crippen LogP contribution in [0.3, 0.4) is 0 Å². The van der Waals surface area contributed by atoms with Crippen LogP contribution in [0.25, 0.3) is 5.57 Å². The number of nitrogens with one attached hydrogen (secondary N) is 1. The molecule has 2 aromatic carbocycles. The second-order valence-corrected chi connectivity index (χ2v) is 8.25. The normalized spacial score (nSPS) is 13.9. The molecule has 170 valence electrons. The molecule has 32 heavy (non-hydrogen) atoms. The number of imide groups is 1. The van der Waals surface area contributed by atoms with E-state index in [1.54, 1.807) is 49.6 Å². The summed E-state index contributed by atoms with van der Waals surface area (Å²) in [7, 11) is 3.10. The van der Waals surface area contributed by atoms with Gasteiger partial charge in [-0.25, -0.2) is 0 Å². The highest BCUT2D eigenvalue weighted by Crippen LogP contribution is 2.35. The number of hydrogen-bond acceptors (Lipinski definition) is 6. The van der Waals surface area contributed by atoms with Crippen molar-refractivity contribution in [1.29, 1.82) is 0 Å². The van der Waals surface area contributed by atoms with Gasteiger partial charge in [0.15, 0.2) is 0 Å². The van der Waals surface area contributed by atoms with Crippen LogP contribution in [0.5, 0.6) is 17.2 Å². The predicted octanol–water partition coefficient (Wildman–Crippen LogP) is 4.34. The Hall–Kier alpha value is -3.48. The van der Waals surface area contributed by atoms with Crippen LogP contribution in [-0.2, 0) is 9.59 Å². The van der Waals surface area contributed by atoms with Gasteiger partial charge in [-0.2, -0.15) is 0 Å². The van der Waals surface area contributed by atoms with Gasteiger partial charge in [0, 0.05) is 12.6 Å². The van der Waals surface area contributed by atoms with Crippen molar-refractivity contribution in [1.82, 2.24) is 4.90 Å². The molecule has 0 bridgehead atoms. The first kappa shape index (κ1) is 23.2. The lowest BCUT2D eigenvalue weighted by molar-refractivity contribution is -0.137. The molecule has 3 rings (SSSR count). The number of methoxy groups -OCH3 is 2. The van der Waals surface area contributed by atoms with Gasteiger partial charge in [0.2, 0.25) is 0 Å². The van der Waals surface area contributed by atoms with E-state index in [9.17, 15) is 9.59 Å². The van der Waals surface area contributed by atoms with Crippen molar-refractivity contribution in [2.45, 2.75) is 33.8 Å². The molecule has 7 nitrogen and oxygen atoms in total. The van der Waals surface area contributed by atoms with E-state index < -0.39 is 0 Å². The van der Waals surface area contributed by atoms with Crippen LogP contribution < -0.4 is 19.5 Å². The smallest absolute Gasteiger partial charge is 0.278 e. The zero-order valence-corrected chi connectivity index (χ0v) is 19.4. The summed E-state index contributed by atoms with van der Waals surface area (Å²) in [5, 5.41) is 3.15. The molecule has 1 aliphatic heterocycles. The minimum Gasteiger partial charge on any atom is -0.497 e. The van der Waals surface area contributed by atoms with Crippen molar-refractivity contribution < 1.29 is 23.8 Å². The van der Waals surface area contributed by atoms with Crippen LogP contribution >= 0.6 is 0 Å². The Morgan fingerprint density at radius 3 is 2.09 bits per heavy atom. The van der Waals surface area contributed by atoms with Crippen LogP contribution in [0.1, 0.15) is 33.3 Å². The molecule has 1 aliphatic rings. The fourth-order valence-corrected chi connectivity index (χ4v) is 3.50. The number of benzene rings is 2. The molecule has 2 amide bonds. The summed E-state index contributed by atoms with van der Waals surface area (Å²) in [4.78, 5) is 27.9. The van der Waals surface area contributed by atoms with E-state index in [-0.39, 0.29) is 29.5 Å². The molecule has 0 aliphatic carbocycles. The molecule has 0 fully saturated rings. The summed E-state index contributed by atoms with van der Waals surface area (Å²) in [6.07, 6.45) is 0.0380. The van der Waals surface area contributed by atoms with E-state index in [4.69, 9.17) is 14.2 Å². The first-order chi connectivity index (χ1) is 15.2. The molecule has 1 heterocycles. The zero-order valence-electron chi connectivity index (χ0n) is 19.4. The SMILES string of the molecule is COc1ccc(NC2=C(c3ccc(OC(C)C)cc3)C(=O)N(CC(C)C)C2=O)c(OC)c1. The van der Waals surface area contributed by atoms with E-state index in [0.717, 1.165) is 0 Å². The van der Waals surface area contributed by atoms with Gasteiger partial charge in [0.05, 0.1) is 31.6 Å². The Morgan fingerprint density at radius 1 is 0.875 bits per heavy atom. The van der Waals surface area contributed by atoms with E-state index in [2.05, 4.69) is 5.32 Å². The third-order valence-electron chi connectivity index (χ3n) is 4.90. The second kappa shape index (κ2) is 9.77. The lowest BCUT2D eigenvalue weighted by Gasteiger charge is -2.18. The second-order valence-electron chi connectivity index (χ2n) is 8.25. The van der Waals surface area contributed by atoms with Crippen molar-refractivity contribution in [3.8, 4) is 17.2 Å². The Labute approximate surface area is 189 Å². The summed E-state index contributed by atoms with van der Waals surface area (Å²) in [5.41, 5.74) is 1.75. The number of rotatable bonds is 9. The fraction of sp³-hybridized carbons (Fsp3) is 0.360. The Morgan fingerprint density at radius 2 is 1.53 bits per heavy atom. The van der Waals surface area contributed by atoms with E-state index in [0.29, 0.717) is 40.6 Å². The zero-order chi connectivity index (χ0) is 23.4. The van der Waals surface area contributed by atoms with E-state index in [1.807, 2.05) is 27.7 Å². The van der Waals surface area contributed by atoms with Crippen molar-refractivity contribution in [3.05, 3.63) is 53.7 Å². The van der Waals surface area contributed by atoms with E-state index in [1.165, 1.54) is 12.0 Å². The van der Waals surface area contributed by atoms with Crippen LogP contribution in [0, 0.1) is 5.92 Å². The molecule has 0 spiro atoms. The van der Waals surface area contributed by atoms with Crippen LogP contribution in [0.4, 0.5) is 5.69 Å². The molecule has 0 aromatic heterocycles. The van der Waals surface area contributed by atoms with Crippen LogP contribution in [0.15, 0.2) is 48.2 Å². The Kier molecular flexibility index (Phi) is 7.08. The third kappa shape index (κ3) is 4.88. The molecule has 0 unspecified atom stereocenters. The summed E-state index contributed by atoms with van der Waals surface area (Å²) in [6, 6.07) is 12.4. The van der Waals surface area contributed by atoms with Crippen LogP contribution in [-0.4, -0.2) is 43.6 Å². The van der Waals surface area contributed by atoms with Crippen molar-refractivity contribution in [3.63, 3.8) is 0 Å². The Bertz CT molecular complexity index is 1030. The lowest BCUT2D eigenvalue weighted by Crippen LogP contribution is -2.35. The van der Waals surface area contributed by atoms with Gasteiger partial charge in [-0.15, -0.1) is 0 Å². The average Bonchev–Trinajstić information content (AvgIpc) is 2.98. The first-order valence-electron chi connectivity index (χ1n) is 10.6. The van der Waals surface area contributed by atoms with Gasteiger partial charge < -0.3 is 19.5 Å². The minimum absolute atomic E-state index is 0.0380. The number of carbonyl (C=O) groups is 2. The van der Waals surface area contributed by atoms with Crippen molar-refractivity contribution in [2.24, 2.45) is 5.92 Å². The lowest BCUT2D eigenvalue weighted by atomic mass is 10.0. The molecule has 0 radical (unpaired) electrons. The number of anilines is 1. The van der Waals surface area contributed by atoms with Crippen LogP contribution in [0.2, 0.25) is 0 Å². The highest BCUT2D eigenvalue weighted by atomic mass is 16.5. The van der Waals surface area contributed by atoms with Crippen molar-refractivity contribution in [2.75, 3.05) is 26.1 Å². The molecule has 0 saturated heterocycles. The maximum atomic E-state index is 13.3.